The lowest BCUT2D eigenvalue weighted by molar-refractivity contribution is -0.139. The van der Waals surface area contributed by atoms with Gasteiger partial charge < -0.3 is 9.84 Å². The second-order valence-electron chi connectivity index (χ2n) is 3.81. The first kappa shape index (κ1) is 16.4. The summed E-state index contributed by atoms with van der Waals surface area (Å²) in [6.45, 7) is 1.17. The molecule has 0 aliphatic carbocycles. The third-order valence-corrected chi connectivity index (χ3v) is 4.78. The monoisotopic (exact) mass is 365 g/mol. The predicted molar refractivity (Wildman–Crippen MR) is 75.1 cm³/mol. The van der Waals surface area contributed by atoms with E-state index in [1.165, 1.54) is 19.1 Å². The summed E-state index contributed by atoms with van der Waals surface area (Å²) in [6, 6.07) is 3.85. The number of halogens is 1. The third-order valence-electron chi connectivity index (χ3n) is 2.46. The summed E-state index contributed by atoms with van der Waals surface area (Å²) in [7, 11) is -2.96. The van der Waals surface area contributed by atoms with E-state index >= 15 is 0 Å². The van der Waals surface area contributed by atoms with Gasteiger partial charge in [-0.25, -0.2) is 13.2 Å². The molecule has 0 saturated heterocycles. The number of carbonyl (C=O) groups is 2. The van der Waals surface area contributed by atoms with Crippen LogP contribution in [0.1, 0.15) is 17.3 Å². The summed E-state index contributed by atoms with van der Waals surface area (Å²) < 4.78 is 30.8. The Kier molecular flexibility index (Phi) is 5.12. The molecule has 1 aromatic rings. The van der Waals surface area contributed by atoms with Crippen LogP contribution in [0.15, 0.2) is 22.7 Å². The topological polar surface area (TPSA) is 110 Å². The molecule has 0 radical (unpaired) electrons. The Morgan fingerprint density at radius 2 is 2.00 bits per heavy atom. The molecule has 0 aliphatic heterocycles. The minimum Gasteiger partial charge on any atom is -0.478 e. The number of ether oxygens (including phenoxy) is 1. The number of carboxylic acid groups (broad SMARTS) is 1. The van der Waals surface area contributed by atoms with Gasteiger partial charge in [-0.1, -0.05) is 0 Å². The molecule has 0 aliphatic rings. The molecule has 0 aromatic heterocycles. The molecule has 0 amide bonds. The van der Waals surface area contributed by atoms with Crippen molar-refractivity contribution in [3.8, 4) is 0 Å². The minimum absolute atomic E-state index is 0.0284. The van der Waals surface area contributed by atoms with E-state index in [2.05, 4.69) is 25.4 Å². The maximum Gasteiger partial charge on any atom is 0.335 e. The van der Waals surface area contributed by atoms with Crippen LogP contribution in [-0.4, -0.2) is 37.8 Å². The van der Waals surface area contributed by atoms with Gasteiger partial charge in [-0.05, 0) is 41.1 Å². The van der Waals surface area contributed by atoms with Gasteiger partial charge >= 0.3 is 11.9 Å². The van der Waals surface area contributed by atoms with Gasteiger partial charge in [0.05, 0.1) is 18.4 Å². The lowest BCUT2D eigenvalue weighted by Crippen LogP contribution is -2.33. The van der Waals surface area contributed by atoms with E-state index in [0.29, 0.717) is 4.47 Å². The Balaban J connectivity index is 3.12. The lowest BCUT2D eigenvalue weighted by atomic mass is 10.2. The van der Waals surface area contributed by atoms with Gasteiger partial charge in [0.1, 0.15) is 0 Å². The first-order valence-corrected chi connectivity index (χ1v) is 7.65. The van der Waals surface area contributed by atoms with E-state index in [4.69, 9.17) is 5.11 Å². The van der Waals surface area contributed by atoms with E-state index in [1.807, 2.05) is 0 Å². The zero-order valence-electron chi connectivity index (χ0n) is 10.6. The van der Waals surface area contributed by atoms with Gasteiger partial charge in [-0.3, -0.25) is 9.52 Å². The standard InChI is InChI=1S/C11H12BrNO6S/c1-6(11(16)19-2)20(17,18)13-9-5-7(10(14)15)3-4-8(9)12/h3-6,13H,1-2H3,(H,14,15). The van der Waals surface area contributed by atoms with Crippen molar-refractivity contribution in [2.45, 2.75) is 12.2 Å². The summed E-state index contributed by atoms with van der Waals surface area (Å²) in [6.07, 6.45) is 0. The highest BCUT2D eigenvalue weighted by Crippen LogP contribution is 2.25. The van der Waals surface area contributed by atoms with Crippen molar-refractivity contribution < 1.29 is 27.9 Å². The number of carbonyl (C=O) groups excluding carboxylic acids is 1. The molecule has 0 heterocycles. The van der Waals surface area contributed by atoms with Crippen molar-refractivity contribution >= 4 is 43.6 Å². The fourth-order valence-electron chi connectivity index (χ4n) is 1.27. The van der Waals surface area contributed by atoms with Gasteiger partial charge in [-0.2, -0.15) is 0 Å². The van der Waals surface area contributed by atoms with Gasteiger partial charge in [0.2, 0.25) is 10.0 Å². The summed E-state index contributed by atoms with van der Waals surface area (Å²) in [5, 5.41) is 7.44. The maximum atomic E-state index is 12.0. The molecule has 0 spiro atoms. The van der Waals surface area contributed by atoms with Crippen molar-refractivity contribution in [3.63, 3.8) is 0 Å². The second-order valence-corrected chi connectivity index (χ2v) is 6.67. The number of nitrogens with one attached hydrogen (secondary N) is 1. The fourth-order valence-corrected chi connectivity index (χ4v) is 2.75. The number of hydrogen-bond donors (Lipinski definition) is 2. The molecule has 20 heavy (non-hydrogen) atoms. The summed E-state index contributed by atoms with van der Waals surface area (Å²) in [5.74, 6) is -2.11. The molecule has 2 N–H and O–H groups in total. The Bertz CT molecular complexity index is 642. The molecule has 0 fully saturated rings. The highest BCUT2D eigenvalue weighted by Gasteiger charge is 2.29. The molecule has 7 nitrogen and oxygen atoms in total. The van der Waals surface area contributed by atoms with Crippen LogP contribution in [0, 0.1) is 0 Å². The van der Waals surface area contributed by atoms with Crippen LogP contribution in [0.25, 0.3) is 0 Å². The van der Waals surface area contributed by atoms with E-state index in [0.717, 1.165) is 13.2 Å². The number of carboxylic acids is 1. The van der Waals surface area contributed by atoms with Gasteiger partial charge in [-0.15, -0.1) is 0 Å². The molecule has 1 atom stereocenters. The molecule has 0 saturated carbocycles. The maximum absolute atomic E-state index is 12.0. The van der Waals surface area contributed by atoms with Gasteiger partial charge in [0, 0.05) is 4.47 Å². The average Bonchev–Trinajstić information content (AvgIpc) is 2.38. The third kappa shape index (κ3) is 3.70. The van der Waals surface area contributed by atoms with Crippen LogP contribution < -0.4 is 4.72 Å². The SMILES string of the molecule is COC(=O)C(C)S(=O)(=O)Nc1cc(C(=O)O)ccc1Br. The zero-order valence-corrected chi connectivity index (χ0v) is 13.0. The van der Waals surface area contributed by atoms with Gasteiger partial charge in [0.25, 0.3) is 0 Å². The summed E-state index contributed by atoms with van der Waals surface area (Å²) in [4.78, 5) is 22.1. The lowest BCUT2D eigenvalue weighted by Gasteiger charge is -2.14. The van der Waals surface area contributed by atoms with E-state index in [-0.39, 0.29) is 11.3 Å². The van der Waals surface area contributed by atoms with Crippen LogP contribution in [0.4, 0.5) is 5.69 Å². The van der Waals surface area contributed by atoms with Crippen LogP contribution in [-0.2, 0) is 19.6 Å². The number of rotatable bonds is 5. The Hall–Kier alpha value is -1.61. The van der Waals surface area contributed by atoms with Crippen LogP contribution in [0.5, 0.6) is 0 Å². The molecule has 0 bridgehead atoms. The first-order valence-electron chi connectivity index (χ1n) is 5.31. The molecule has 1 rings (SSSR count). The number of hydrogen-bond acceptors (Lipinski definition) is 5. The fraction of sp³-hybridized carbons (Fsp3) is 0.273. The van der Waals surface area contributed by atoms with Crippen molar-refractivity contribution in [2.75, 3.05) is 11.8 Å². The van der Waals surface area contributed by atoms with Crippen LogP contribution in [0.3, 0.4) is 0 Å². The molecule has 9 heteroatoms. The normalized spacial score (nSPS) is 12.6. The Labute approximate surface area is 124 Å². The number of anilines is 1. The van der Waals surface area contributed by atoms with Gasteiger partial charge in [0.15, 0.2) is 5.25 Å². The molecule has 110 valence electrons. The molecule has 1 unspecified atom stereocenters. The van der Waals surface area contributed by atoms with E-state index in [1.54, 1.807) is 0 Å². The highest BCUT2D eigenvalue weighted by molar-refractivity contribution is 9.10. The summed E-state index contributed by atoms with van der Waals surface area (Å²) in [5.41, 5.74) is -0.0581. The van der Waals surface area contributed by atoms with E-state index in [9.17, 15) is 18.0 Å². The minimum atomic E-state index is -4.04. The number of methoxy groups -OCH3 is 1. The smallest absolute Gasteiger partial charge is 0.335 e. The molecule has 1 aromatic carbocycles. The Morgan fingerprint density at radius 3 is 2.50 bits per heavy atom. The molecular formula is C11H12BrNO6S. The number of esters is 1. The van der Waals surface area contributed by atoms with Crippen molar-refractivity contribution in [1.82, 2.24) is 0 Å². The number of aromatic carboxylic acids is 1. The Morgan fingerprint density at radius 1 is 1.40 bits per heavy atom. The van der Waals surface area contributed by atoms with Crippen molar-refractivity contribution in [3.05, 3.63) is 28.2 Å². The van der Waals surface area contributed by atoms with E-state index < -0.39 is 27.2 Å². The highest BCUT2D eigenvalue weighted by atomic mass is 79.9. The average molecular weight is 366 g/mol. The second kappa shape index (κ2) is 6.23. The molecular weight excluding hydrogens is 354 g/mol. The summed E-state index contributed by atoms with van der Waals surface area (Å²) >= 11 is 3.10. The van der Waals surface area contributed by atoms with Crippen LogP contribution >= 0.6 is 15.9 Å². The number of sulfonamides is 1. The van der Waals surface area contributed by atoms with Crippen molar-refractivity contribution in [2.24, 2.45) is 0 Å². The largest absolute Gasteiger partial charge is 0.478 e. The first-order chi connectivity index (χ1) is 9.19. The quantitative estimate of drug-likeness (QED) is 0.764. The van der Waals surface area contributed by atoms with Crippen molar-refractivity contribution in [1.29, 1.82) is 0 Å². The zero-order chi connectivity index (χ0) is 15.5. The van der Waals surface area contributed by atoms with Crippen LogP contribution in [0.2, 0.25) is 0 Å². The predicted octanol–water partition coefficient (Wildman–Crippen LogP) is 1.45. The number of benzene rings is 1.